The SMILES string of the molecule is COc1ccc2c(c1)C[C@@H]1C3=C4CC[C@H](O[Si](C)(C)C(C)(C)C)[C@@]4(C)CC[C@]32CC[C@H]1O. The highest BCUT2D eigenvalue weighted by Crippen LogP contribution is 2.65. The van der Waals surface area contributed by atoms with Gasteiger partial charge in [0.15, 0.2) is 8.32 Å². The Kier molecular flexibility index (Phi) is 5.10. The molecule has 2 saturated carbocycles. The Hall–Kier alpha value is -1.10. The predicted molar refractivity (Wildman–Crippen MR) is 133 cm³/mol. The molecule has 2 bridgehead atoms. The average Bonchev–Trinajstić information content (AvgIpc) is 3.05. The zero-order valence-corrected chi connectivity index (χ0v) is 22.2. The molecule has 5 atom stereocenters. The van der Waals surface area contributed by atoms with E-state index in [0.29, 0.717) is 6.10 Å². The summed E-state index contributed by atoms with van der Waals surface area (Å²) in [4.78, 5) is 0. The summed E-state index contributed by atoms with van der Waals surface area (Å²) >= 11 is 0. The van der Waals surface area contributed by atoms with Crippen LogP contribution in [-0.4, -0.2) is 32.7 Å². The van der Waals surface area contributed by atoms with Gasteiger partial charge in [0, 0.05) is 16.7 Å². The molecule has 1 aromatic rings. The number of hydrogen-bond donors (Lipinski definition) is 1. The van der Waals surface area contributed by atoms with Crippen molar-refractivity contribution in [3.05, 3.63) is 40.5 Å². The molecule has 3 nitrogen and oxygen atoms in total. The lowest BCUT2D eigenvalue weighted by molar-refractivity contribution is 0.0356. The molecule has 5 rings (SSSR count). The Morgan fingerprint density at radius 1 is 1.09 bits per heavy atom. The molecule has 0 radical (unpaired) electrons. The first-order valence-corrected chi connectivity index (χ1v) is 15.6. The van der Waals surface area contributed by atoms with Gasteiger partial charge in [-0.05, 0) is 86.3 Å². The maximum absolute atomic E-state index is 11.2. The van der Waals surface area contributed by atoms with Gasteiger partial charge in [-0.1, -0.05) is 44.9 Å². The normalized spacial score (nSPS) is 36.4. The van der Waals surface area contributed by atoms with E-state index in [0.717, 1.165) is 37.9 Å². The van der Waals surface area contributed by atoms with Gasteiger partial charge in [0.25, 0.3) is 0 Å². The molecule has 1 N–H and O–H groups in total. The third kappa shape index (κ3) is 3.05. The topological polar surface area (TPSA) is 38.7 Å². The van der Waals surface area contributed by atoms with E-state index in [1.807, 2.05) is 0 Å². The van der Waals surface area contributed by atoms with E-state index in [4.69, 9.17) is 9.16 Å². The number of aliphatic hydroxyl groups excluding tert-OH is 1. The monoisotopic (exact) mass is 454 g/mol. The third-order valence-electron chi connectivity index (χ3n) is 10.2. The maximum atomic E-state index is 11.2. The van der Waals surface area contributed by atoms with Crippen LogP contribution in [0.15, 0.2) is 29.3 Å². The first-order valence-electron chi connectivity index (χ1n) is 12.7. The van der Waals surface area contributed by atoms with Crippen LogP contribution in [-0.2, 0) is 16.3 Å². The molecule has 2 fully saturated rings. The van der Waals surface area contributed by atoms with Crippen LogP contribution in [0.5, 0.6) is 5.75 Å². The van der Waals surface area contributed by atoms with Crippen LogP contribution >= 0.6 is 0 Å². The number of rotatable bonds is 3. The highest BCUT2D eigenvalue weighted by Gasteiger charge is 2.59. The lowest BCUT2D eigenvalue weighted by atomic mass is 9.48. The van der Waals surface area contributed by atoms with Crippen LogP contribution in [0.2, 0.25) is 18.1 Å². The highest BCUT2D eigenvalue weighted by molar-refractivity contribution is 6.74. The molecule has 0 unspecified atom stereocenters. The summed E-state index contributed by atoms with van der Waals surface area (Å²) in [5, 5.41) is 11.4. The minimum absolute atomic E-state index is 0.116. The number of methoxy groups -OCH3 is 1. The highest BCUT2D eigenvalue weighted by atomic mass is 28.4. The first-order chi connectivity index (χ1) is 14.9. The number of benzene rings is 1. The molecule has 0 amide bonds. The van der Waals surface area contributed by atoms with Gasteiger partial charge in [-0.15, -0.1) is 0 Å². The van der Waals surface area contributed by atoms with Crippen molar-refractivity contribution < 1.29 is 14.3 Å². The van der Waals surface area contributed by atoms with E-state index in [-0.39, 0.29) is 27.9 Å². The molecule has 32 heavy (non-hydrogen) atoms. The number of hydrogen-bond acceptors (Lipinski definition) is 3. The molecule has 4 heteroatoms. The van der Waals surface area contributed by atoms with E-state index in [2.05, 4.69) is 59.0 Å². The lowest BCUT2D eigenvalue weighted by Gasteiger charge is -2.57. The zero-order valence-electron chi connectivity index (χ0n) is 21.2. The minimum atomic E-state index is -1.83. The van der Waals surface area contributed by atoms with Gasteiger partial charge in [0.05, 0.1) is 19.3 Å². The fourth-order valence-corrected chi connectivity index (χ4v) is 8.74. The molecule has 0 aromatic heterocycles. The van der Waals surface area contributed by atoms with E-state index in [9.17, 15) is 5.11 Å². The van der Waals surface area contributed by atoms with Crippen molar-refractivity contribution >= 4 is 8.32 Å². The van der Waals surface area contributed by atoms with Crippen molar-refractivity contribution in [3.8, 4) is 5.75 Å². The number of aliphatic hydroxyl groups is 1. The van der Waals surface area contributed by atoms with Gasteiger partial charge in [-0.25, -0.2) is 0 Å². The number of fused-ring (bicyclic) bond motifs is 2. The first kappa shape index (κ1) is 22.7. The lowest BCUT2D eigenvalue weighted by Crippen LogP contribution is -2.53. The standard InChI is InChI=1S/C28H42O3Si/c1-26(2,3)32(6,7)31-24-11-10-22-25-20-17-18-16-19(30-5)8-9-21(18)28(25,13-12-23(20)29)15-14-27(22,24)4/h8-9,16,20,23-24,29H,10-15,17H2,1-7H3/t20-,23+,24-,27-,28-/m0/s1. The van der Waals surface area contributed by atoms with E-state index in [1.54, 1.807) is 18.3 Å². The van der Waals surface area contributed by atoms with Crippen LogP contribution in [0.3, 0.4) is 0 Å². The fourth-order valence-electron chi connectivity index (χ4n) is 7.29. The molecule has 1 aromatic carbocycles. The zero-order chi connectivity index (χ0) is 23.1. The van der Waals surface area contributed by atoms with Crippen molar-refractivity contribution in [3.63, 3.8) is 0 Å². The summed E-state index contributed by atoms with van der Waals surface area (Å²) in [5.41, 5.74) is 6.41. The summed E-state index contributed by atoms with van der Waals surface area (Å²) in [6.07, 6.45) is 7.68. The molecule has 0 saturated heterocycles. The van der Waals surface area contributed by atoms with Gasteiger partial charge in [0.1, 0.15) is 5.75 Å². The number of ether oxygens (including phenoxy) is 1. The van der Waals surface area contributed by atoms with Gasteiger partial charge in [-0.3, -0.25) is 0 Å². The minimum Gasteiger partial charge on any atom is -0.497 e. The summed E-state index contributed by atoms with van der Waals surface area (Å²) in [7, 11) is -0.0854. The molecule has 176 valence electrons. The van der Waals surface area contributed by atoms with Crippen molar-refractivity contribution in [1.29, 1.82) is 0 Å². The maximum Gasteiger partial charge on any atom is 0.192 e. The average molecular weight is 455 g/mol. The largest absolute Gasteiger partial charge is 0.497 e. The van der Waals surface area contributed by atoms with E-state index >= 15 is 0 Å². The molecular weight excluding hydrogens is 412 g/mol. The second-order valence-electron chi connectivity index (χ2n) is 12.7. The molecular formula is C28H42O3Si. The Morgan fingerprint density at radius 3 is 2.53 bits per heavy atom. The van der Waals surface area contributed by atoms with E-state index in [1.165, 1.54) is 24.0 Å². The van der Waals surface area contributed by atoms with Crippen molar-refractivity contribution in [2.24, 2.45) is 11.3 Å². The summed E-state index contributed by atoms with van der Waals surface area (Å²) in [6, 6.07) is 6.71. The van der Waals surface area contributed by atoms with Gasteiger partial charge in [-0.2, -0.15) is 0 Å². The molecule has 4 aliphatic rings. The Morgan fingerprint density at radius 2 is 1.84 bits per heavy atom. The molecule has 0 spiro atoms. The van der Waals surface area contributed by atoms with Crippen LogP contribution in [0, 0.1) is 11.3 Å². The molecule has 0 aliphatic heterocycles. The second kappa shape index (κ2) is 7.20. The van der Waals surface area contributed by atoms with Crippen LogP contribution < -0.4 is 4.74 Å². The summed E-state index contributed by atoms with van der Waals surface area (Å²) < 4.78 is 12.6. The van der Waals surface area contributed by atoms with Crippen LogP contribution in [0.4, 0.5) is 0 Å². The van der Waals surface area contributed by atoms with Gasteiger partial charge in [0.2, 0.25) is 0 Å². The Labute approximate surface area is 195 Å². The quantitative estimate of drug-likeness (QED) is 0.416. The summed E-state index contributed by atoms with van der Waals surface area (Å²) in [6.45, 7) is 14.3. The van der Waals surface area contributed by atoms with Crippen molar-refractivity contribution in [1.82, 2.24) is 0 Å². The third-order valence-corrected chi connectivity index (χ3v) is 14.7. The van der Waals surface area contributed by atoms with Crippen molar-refractivity contribution in [2.45, 2.75) is 108 Å². The van der Waals surface area contributed by atoms with Crippen molar-refractivity contribution in [2.75, 3.05) is 7.11 Å². The van der Waals surface area contributed by atoms with E-state index < -0.39 is 8.32 Å². The Bertz CT molecular complexity index is 958. The molecule has 0 heterocycles. The Balaban J connectivity index is 1.61. The molecule has 4 aliphatic carbocycles. The van der Waals surface area contributed by atoms with Gasteiger partial charge < -0.3 is 14.3 Å². The van der Waals surface area contributed by atoms with Crippen LogP contribution in [0.1, 0.15) is 77.3 Å². The van der Waals surface area contributed by atoms with Crippen LogP contribution in [0.25, 0.3) is 0 Å². The van der Waals surface area contributed by atoms with Gasteiger partial charge >= 0.3 is 0 Å². The second-order valence-corrected chi connectivity index (χ2v) is 17.5. The summed E-state index contributed by atoms with van der Waals surface area (Å²) in [5.74, 6) is 1.19. The predicted octanol–water partition coefficient (Wildman–Crippen LogP) is 6.54. The fraction of sp³-hybridized carbons (Fsp3) is 0.714. The smallest absolute Gasteiger partial charge is 0.192 e.